The number of rotatable bonds is 8. The van der Waals surface area contributed by atoms with Gasteiger partial charge in [-0.3, -0.25) is 10.1 Å². The van der Waals surface area contributed by atoms with Crippen molar-refractivity contribution in [1.82, 2.24) is 0 Å². The maximum Gasteiger partial charge on any atom is 0.340 e. The SMILES string of the molecule is CCCNc1cccc(OCC(F)(F)C(F)F)c1[N+](=O)[O-]. The van der Waals surface area contributed by atoms with E-state index in [0.29, 0.717) is 13.0 Å². The summed E-state index contributed by atoms with van der Waals surface area (Å²) in [6, 6.07) is 3.81. The molecule has 0 unspecified atom stereocenters. The van der Waals surface area contributed by atoms with Crippen molar-refractivity contribution in [3.63, 3.8) is 0 Å². The van der Waals surface area contributed by atoms with Gasteiger partial charge in [0.2, 0.25) is 0 Å². The van der Waals surface area contributed by atoms with Crippen molar-refractivity contribution in [2.75, 3.05) is 18.5 Å². The Labute approximate surface area is 118 Å². The number of hydrogen-bond acceptors (Lipinski definition) is 4. The highest BCUT2D eigenvalue weighted by molar-refractivity contribution is 5.68. The van der Waals surface area contributed by atoms with E-state index in [0.717, 1.165) is 6.07 Å². The standard InChI is InChI=1S/C12H14F4N2O3/c1-2-6-17-8-4-3-5-9(10(8)18(19)20)21-7-12(15,16)11(13)14/h3-5,11,17H,2,6-7H2,1H3. The monoisotopic (exact) mass is 310 g/mol. The van der Waals surface area contributed by atoms with E-state index in [2.05, 4.69) is 10.1 Å². The number of ether oxygens (including phenoxy) is 1. The molecule has 5 nitrogen and oxygen atoms in total. The zero-order valence-corrected chi connectivity index (χ0v) is 11.1. The summed E-state index contributed by atoms with van der Waals surface area (Å²) in [5.74, 6) is -4.86. The molecule has 0 aliphatic rings. The molecule has 0 aliphatic carbocycles. The number of hydrogen-bond donors (Lipinski definition) is 1. The summed E-state index contributed by atoms with van der Waals surface area (Å²) in [5, 5.41) is 13.8. The van der Waals surface area contributed by atoms with Gasteiger partial charge in [-0.1, -0.05) is 13.0 Å². The lowest BCUT2D eigenvalue weighted by molar-refractivity contribution is -0.385. The molecule has 0 radical (unpaired) electrons. The third-order valence-electron chi connectivity index (χ3n) is 2.49. The lowest BCUT2D eigenvalue weighted by Crippen LogP contribution is -2.33. The summed E-state index contributed by atoms with van der Waals surface area (Å²) >= 11 is 0. The van der Waals surface area contributed by atoms with E-state index < -0.39 is 35.3 Å². The predicted molar refractivity (Wildman–Crippen MR) is 68.3 cm³/mol. The van der Waals surface area contributed by atoms with Crippen LogP contribution in [0.4, 0.5) is 28.9 Å². The van der Waals surface area contributed by atoms with Crippen molar-refractivity contribution in [3.05, 3.63) is 28.3 Å². The fourth-order valence-corrected chi connectivity index (χ4v) is 1.47. The minimum atomic E-state index is -4.37. The van der Waals surface area contributed by atoms with Gasteiger partial charge in [0.05, 0.1) is 4.92 Å². The van der Waals surface area contributed by atoms with Crippen molar-refractivity contribution in [1.29, 1.82) is 0 Å². The maximum absolute atomic E-state index is 12.8. The maximum atomic E-state index is 12.8. The molecule has 1 rings (SSSR count). The van der Waals surface area contributed by atoms with Crippen LogP contribution in [0.25, 0.3) is 0 Å². The van der Waals surface area contributed by atoms with E-state index in [1.165, 1.54) is 12.1 Å². The third-order valence-corrected chi connectivity index (χ3v) is 2.49. The minimum absolute atomic E-state index is 0.0831. The van der Waals surface area contributed by atoms with Crippen molar-refractivity contribution < 1.29 is 27.2 Å². The molecule has 1 N–H and O–H groups in total. The van der Waals surface area contributed by atoms with Gasteiger partial charge in [0.1, 0.15) is 5.69 Å². The Hall–Kier alpha value is -2.06. The first-order valence-electron chi connectivity index (χ1n) is 6.09. The van der Waals surface area contributed by atoms with Crippen molar-refractivity contribution in [2.24, 2.45) is 0 Å². The molecule has 1 aromatic rings. The number of nitrogens with zero attached hydrogens (tertiary/aromatic N) is 1. The number of para-hydroxylation sites is 1. The summed E-state index contributed by atoms with van der Waals surface area (Å²) in [6.07, 6.45) is -3.22. The molecule has 0 atom stereocenters. The van der Waals surface area contributed by atoms with Crippen LogP contribution in [0.5, 0.6) is 5.75 Å². The lowest BCUT2D eigenvalue weighted by atomic mass is 10.2. The van der Waals surface area contributed by atoms with Gasteiger partial charge < -0.3 is 10.1 Å². The lowest BCUT2D eigenvalue weighted by Gasteiger charge is -2.16. The predicted octanol–water partition coefficient (Wildman–Crippen LogP) is 3.70. The van der Waals surface area contributed by atoms with Crippen LogP contribution < -0.4 is 10.1 Å². The summed E-state index contributed by atoms with van der Waals surface area (Å²) in [7, 11) is 0. The normalized spacial score (nSPS) is 11.5. The summed E-state index contributed by atoms with van der Waals surface area (Å²) in [6.45, 7) is 0.628. The van der Waals surface area contributed by atoms with E-state index in [1.54, 1.807) is 0 Å². The molecule has 0 aromatic heterocycles. The molecular weight excluding hydrogens is 296 g/mol. The molecule has 0 heterocycles. The Bertz CT molecular complexity index is 497. The van der Waals surface area contributed by atoms with Gasteiger partial charge in [0.15, 0.2) is 12.4 Å². The molecule has 0 spiro atoms. The van der Waals surface area contributed by atoms with Crippen molar-refractivity contribution in [3.8, 4) is 5.75 Å². The first-order chi connectivity index (χ1) is 9.79. The summed E-state index contributed by atoms with van der Waals surface area (Å²) < 4.78 is 54.2. The third kappa shape index (κ3) is 4.47. The number of halogens is 4. The van der Waals surface area contributed by atoms with Crippen molar-refractivity contribution >= 4 is 11.4 Å². The van der Waals surface area contributed by atoms with E-state index in [9.17, 15) is 27.7 Å². The molecule has 9 heteroatoms. The Morgan fingerprint density at radius 2 is 2.10 bits per heavy atom. The second-order valence-electron chi connectivity index (χ2n) is 4.19. The fourth-order valence-electron chi connectivity index (χ4n) is 1.47. The first kappa shape index (κ1) is 17.0. The average molecular weight is 310 g/mol. The largest absolute Gasteiger partial charge is 0.480 e. The molecule has 0 fully saturated rings. The topological polar surface area (TPSA) is 64.4 Å². The molecule has 21 heavy (non-hydrogen) atoms. The van der Waals surface area contributed by atoms with E-state index in [-0.39, 0.29) is 5.69 Å². The summed E-state index contributed by atoms with van der Waals surface area (Å²) in [4.78, 5) is 10.2. The molecule has 0 bridgehead atoms. The molecular formula is C12H14F4N2O3. The smallest absolute Gasteiger partial charge is 0.340 e. The second-order valence-corrected chi connectivity index (χ2v) is 4.19. The number of alkyl halides is 4. The van der Waals surface area contributed by atoms with Crippen LogP contribution in [-0.4, -0.2) is 30.4 Å². The van der Waals surface area contributed by atoms with Gasteiger partial charge in [-0.15, -0.1) is 0 Å². The van der Waals surface area contributed by atoms with Gasteiger partial charge in [-0.25, -0.2) is 8.78 Å². The molecule has 0 saturated heterocycles. The number of anilines is 1. The fraction of sp³-hybridized carbons (Fsp3) is 0.500. The Morgan fingerprint density at radius 1 is 1.43 bits per heavy atom. The molecule has 0 amide bonds. The Kier molecular flexibility index (Phi) is 5.74. The highest BCUT2D eigenvalue weighted by Gasteiger charge is 2.42. The van der Waals surface area contributed by atoms with E-state index >= 15 is 0 Å². The van der Waals surface area contributed by atoms with Crippen LogP contribution in [0.3, 0.4) is 0 Å². The van der Waals surface area contributed by atoms with Crippen LogP contribution in [0, 0.1) is 10.1 Å². The van der Waals surface area contributed by atoms with Crippen LogP contribution >= 0.6 is 0 Å². The number of nitro groups is 1. The van der Waals surface area contributed by atoms with Crippen LogP contribution in [0.15, 0.2) is 18.2 Å². The molecule has 0 aliphatic heterocycles. The van der Waals surface area contributed by atoms with E-state index in [4.69, 9.17) is 0 Å². The Balaban J connectivity index is 2.98. The van der Waals surface area contributed by atoms with Crippen molar-refractivity contribution in [2.45, 2.75) is 25.7 Å². The Morgan fingerprint density at radius 3 is 2.62 bits per heavy atom. The van der Waals surface area contributed by atoms with Gasteiger partial charge in [-0.2, -0.15) is 8.78 Å². The minimum Gasteiger partial charge on any atom is -0.480 e. The molecule has 118 valence electrons. The highest BCUT2D eigenvalue weighted by atomic mass is 19.3. The zero-order valence-electron chi connectivity index (χ0n) is 11.1. The average Bonchev–Trinajstić information content (AvgIpc) is 2.42. The molecule has 1 aromatic carbocycles. The van der Waals surface area contributed by atoms with Gasteiger partial charge in [-0.05, 0) is 18.6 Å². The number of nitro benzene ring substituents is 1. The second kappa shape index (κ2) is 7.09. The highest BCUT2D eigenvalue weighted by Crippen LogP contribution is 2.36. The number of nitrogens with one attached hydrogen (secondary N) is 1. The number of benzene rings is 1. The van der Waals surface area contributed by atoms with Gasteiger partial charge in [0, 0.05) is 6.54 Å². The quantitative estimate of drug-likeness (QED) is 0.452. The molecule has 0 saturated carbocycles. The summed E-state index contributed by atoms with van der Waals surface area (Å²) in [5.41, 5.74) is -0.476. The van der Waals surface area contributed by atoms with E-state index in [1.807, 2.05) is 6.92 Å². The van der Waals surface area contributed by atoms with Gasteiger partial charge >= 0.3 is 18.0 Å². The van der Waals surface area contributed by atoms with Gasteiger partial charge in [0.25, 0.3) is 0 Å². The zero-order chi connectivity index (χ0) is 16.0. The van der Waals surface area contributed by atoms with Crippen LogP contribution in [0.1, 0.15) is 13.3 Å². The van der Waals surface area contributed by atoms with Crippen LogP contribution in [-0.2, 0) is 0 Å². The first-order valence-corrected chi connectivity index (χ1v) is 6.09. The van der Waals surface area contributed by atoms with Crippen LogP contribution in [0.2, 0.25) is 0 Å².